The van der Waals surface area contributed by atoms with Gasteiger partial charge < -0.3 is 4.74 Å². The highest BCUT2D eigenvalue weighted by Crippen LogP contribution is 2.42. The molecule has 0 heterocycles. The van der Waals surface area contributed by atoms with Crippen molar-refractivity contribution in [1.29, 1.82) is 0 Å². The lowest BCUT2D eigenvalue weighted by molar-refractivity contribution is -0.225. The summed E-state index contributed by atoms with van der Waals surface area (Å²) in [5.74, 6) is -6.16. The van der Waals surface area contributed by atoms with Crippen molar-refractivity contribution in [3.8, 4) is 5.75 Å². The lowest BCUT2D eigenvalue weighted by atomic mass is 10.3. The molecule has 0 saturated carbocycles. The van der Waals surface area contributed by atoms with Crippen molar-refractivity contribution >= 4 is 20.3 Å². The molecule has 5 nitrogen and oxygen atoms in total. The maximum Gasteiger partial charge on any atom is 0.449 e. The van der Waals surface area contributed by atoms with Crippen molar-refractivity contribution in [2.75, 3.05) is 0 Å². The molecule has 1 aromatic rings. The second-order valence-corrected chi connectivity index (χ2v) is 12.0. The maximum absolute atomic E-state index is 13.5. The van der Waals surface area contributed by atoms with Crippen LogP contribution >= 0.6 is 0 Å². The molecule has 0 radical (unpaired) electrons. The van der Waals surface area contributed by atoms with E-state index in [1.165, 1.54) is 0 Å². The summed E-state index contributed by atoms with van der Waals surface area (Å²) in [6.07, 6.45) is 0. The second-order valence-electron chi connectivity index (χ2n) is 6.71. The third kappa shape index (κ3) is 4.64. The summed E-state index contributed by atoms with van der Waals surface area (Å²) in [7, 11) is -2.55. The molecular weight excluding hydrogens is 350 g/mol. The molecule has 0 aliphatic carbocycles. The molecule has 0 bridgehead atoms. The minimum Gasteiger partial charge on any atom is -0.412 e. The largest absolute Gasteiger partial charge is 0.449 e. The Morgan fingerprint density at radius 3 is 1.72 bits per heavy atom. The first-order valence-electron chi connectivity index (χ1n) is 8.09. The average Bonchev–Trinajstić information content (AvgIpc) is 2.50. The van der Waals surface area contributed by atoms with Crippen molar-refractivity contribution in [2.45, 2.75) is 58.2 Å². The topological polar surface area (TPSA) is 61.8 Å². The molecule has 0 spiro atoms. The van der Waals surface area contributed by atoms with Gasteiger partial charge in [0.15, 0.2) is 11.6 Å². The maximum atomic E-state index is 13.5. The fraction of sp³-hybridized carbons (Fsp3) is 0.529. The van der Waals surface area contributed by atoms with Gasteiger partial charge in [0.05, 0.1) is 0 Å². The van der Waals surface area contributed by atoms with Crippen LogP contribution in [-0.2, 0) is 19.1 Å². The van der Waals surface area contributed by atoms with Gasteiger partial charge in [0.2, 0.25) is 5.75 Å². The number of hydrogen-bond donors (Lipinski definition) is 0. The van der Waals surface area contributed by atoms with Crippen molar-refractivity contribution in [3.05, 3.63) is 29.8 Å². The fourth-order valence-corrected chi connectivity index (χ4v) is 7.94. The third-order valence-corrected chi connectivity index (χ3v) is 10.0. The average molecular weight is 374 g/mol. The Morgan fingerprint density at radius 2 is 1.32 bits per heavy atom. The van der Waals surface area contributed by atoms with Gasteiger partial charge in [0.25, 0.3) is 8.32 Å². The first-order valence-corrected chi connectivity index (χ1v) is 10.2. The predicted molar refractivity (Wildman–Crippen MR) is 90.2 cm³/mol. The quantitative estimate of drug-likeness (QED) is 0.183. The van der Waals surface area contributed by atoms with Crippen LogP contribution in [0.5, 0.6) is 5.75 Å². The molecule has 0 saturated heterocycles. The van der Waals surface area contributed by atoms with Gasteiger partial charge in [0, 0.05) is 0 Å². The molecule has 0 unspecified atom stereocenters. The third-order valence-electron chi connectivity index (χ3n) is 4.25. The summed E-state index contributed by atoms with van der Waals surface area (Å²) in [6.45, 7) is 11.8. The van der Waals surface area contributed by atoms with Gasteiger partial charge in [-0.05, 0) is 28.8 Å². The standard InChI is InChI=1S/C17H24F2O5Si/c1-10(2)25(11(3)4,12(5)6)24-23-17(21)16(20)22-15-13(18)8-7-9-14(15)19/h7-12H,1-6H3. The zero-order chi connectivity index (χ0) is 19.4. The highest BCUT2D eigenvalue weighted by molar-refractivity contribution is 6.77. The number of benzene rings is 1. The van der Waals surface area contributed by atoms with E-state index in [-0.39, 0.29) is 16.6 Å². The van der Waals surface area contributed by atoms with E-state index in [4.69, 9.17) is 9.46 Å². The Hall–Kier alpha value is -1.80. The van der Waals surface area contributed by atoms with Gasteiger partial charge >= 0.3 is 11.9 Å². The lowest BCUT2D eigenvalue weighted by Crippen LogP contribution is -2.48. The number of ether oxygens (including phenoxy) is 1. The molecule has 8 heteroatoms. The van der Waals surface area contributed by atoms with Crippen LogP contribution in [0.25, 0.3) is 0 Å². The van der Waals surface area contributed by atoms with Crippen LogP contribution in [0.1, 0.15) is 41.5 Å². The van der Waals surface area contributed by atoms with E-state index in [1.807, 2.05) is 41.5 Å². The Kier molecular flexibility index (Phi) is 7.25. The molecule has 0 N–H and O–H groups in total. The molecule has 0 aromatic heterocycles. The fourth-order valence-electron chi connectivity index (χ4n) is 3.15. The first-order chi connectivity index (χ1) is 11.5. The molecule has 0 aliphatic heterocycles. The van der Waals surface area contributed by atoms with Crippen LogP contribution in [0, 0.1) is 11.6 Å². The van der Waals surface area contributed by atoms with Crippen molar-refractivity contribution in [1.82, 2.24) is 0 Å². The predicted octanol–water partition coefficient (Wildman–Crippen LogP) is 4.52. The molecule has 140 valence electrons. The highest BCUT2D eigenvalue weighted by Gasteiger charge is 2.48. The second kappa shape index (κ2) is 8.53. The van der Waals surface area contributed by atoms with Crippen molar-refractivity contribution in [3.63, 3.8) is 0 Å². The normalized spacial score (nSPS) is 12.0. The van der Waals surface area contributed by atoms with E-state index in [0.29, 0.717) is 0 Å². The van der Waals surface area contributed by atoms with Crippen LogP contribution < -0.4 is 4.74 Å². The van der Waals surface area contributed by atoms with E-state index in [0.717, 1.165) is 18.2 Å². The molecule has 0 aliphatic rings. The minimum absolute atomic E-state index is 0.111. The van der Waals surface area contributed by atoms with Gasteiger partial charge in [-0.2, -0.15) is 0 Å². The lowest BCUT2D eigenvalue weighted by Gasteiger charge is -2.39. The zero-order valence-corrected chi connectivity index (χ0v) is 16.3. The van der Waals surface area contributed by atoms with E-state index in [9.17, 15) is 18.4 Å². The van der Waals surface area contributed by atoms with E-state index in [2.05, 4.69) is 4.74 Å². The molecule has 0 atom stereocenters. The molecule has 0 fully saturated rings. The molecule has 25 heavy (non-hydrogen) atoms. The Bertz CT molecular complexity index is 589. The molecule has 1 aromatic carbocycles. The molecule has 0 amide bonds. The minimum atomic E-state index is -2.55. The summed E-state index contributed by atoms with van der Waals surface area (Å²) in [5, 5.41) is 0. The van der Waals surface area contributed by atoms with E-state index < -0.39 is 37.6 Å². The summed E-state index contributed by atoms with van der Waals surface area (Å²) in [4.78, 5) is 28.3. The zero-order valence-electron chi connectivity index (χ0n) is 15.3. The van der Waals surface area contributed by atoms with Crippen LogP contribution in [0.3, 0.4) is 0 Å². The Morgan fingerprint density at radius 1 is 0.880 bits per heavy atom. The number of rotatable bonds is 6. The van der Waals surface area contributed by atoms with Crippen LogP contribution in [0.2, 0.25) is 16.6 Å². The van der Waals surface area contributed by atoms with Crippen LogP contribution in [-0.4, -0.2) is 20.3 Å². The first kappa shape index (κ1) is 21.2. The van der Waals surface area contributed by atoms with Gasteiger partial charge in [-0.3, -0.25) is 4.89 Å². The SMILES string of the molecule is CC(C)[Si](OOC(=O)C(=O)Oc1c(F)cccc1F)(C(C)C)C(C)C. The van der Waals surface area contributed by atoms with Crippen LogP contribution in [0.4, 0.5) is 8.78 Å². The smallest absolute Gasteiger partial charge is 0.412 e. The number of para-hydroxylation sites is 1. The van der Waals surface area contributed by atoms with Gasteiger partial charge in [-0.25, -0.2) is 22.9 Å². The summed E-state index contributed by atoms with van der Waals surface area (Å²) >= 11 is 0. The van der Waals surface area contributed by atoms with E-state index in [1.54, 1.807) is 0 Å². The van der Waals surface area contributed by atoms with Gasteiger partial charge in [-0.1, -0.05) is 47.6 Å². The van der Waals surface area contributed by atoms with Gasteiger partial charge in [-0.15, -0.1) is 0 Å². The number of halogens is 2. The monoisotopic (exact) mass is 374 g/mol. The highest BCUT2D eigenvalue weighted by atomic mass is 28.4. The van der Waals surface area contributed by atoms with Gasteiger partial charge in [0.1, 0.15) is 0 Å². The van der Waals surface area contributed by atoms with Crippen LogP contribution in [0.15, 0.2) is 18.2 Å². The molecule has 1 rings (SSSR count). The van der Waals surface area contributed by atoms with Crippen molar-refractivity contribution in [2.24, 2.45) is 0 Å². The summed E-state index contributed by atoms with van der Waals surface area (Å²) < 4.78 is 36.9. The number of carbonyl (C=O) groups is 2. The molecular formula is C17H24F2O5Si. The summed E-state index contributed by atoms with van der Waals surface area (Å²) in [5.41, 5.74) is 0.334. The Balaban J connectivity index is 2.86. The number of carbonyl (C=O) groups excluding carboxylic acids is 2. The Labute approximate surface area is 147 Å². The summed E-state index contributed by atoms with van der Waals surface area (Å²) in [6, 6.07) is 2.92. The van der Waals surface area contributed by atoms with Crippen molar-refractivity contribution < 1.29 is 32.6 Å². The number of hydrogen-bond acceptors (Lipinski definition) is 5. The van der Waals surface area contributed by atoms with E-state index >= 15 is 0 Å². The number of esters is 1.